The number of benzene rings is 2. The van der Waals surface area contributed by atoms with Crippen molar-refractivity contribution in [3.63, 3.8) is 0 Å². The molecule has 0 atom stereocenters. The average Bonchev–Trinajstić information content (AvgIpc) is 3.34. The minimum atomic E-state index is -0.799. The Morgan fingerprint density at radius 2 is 1.91 bits per heavy atom. The number of amides is 1. The maximum Gasteiger partial charge on any atom is 0.328 e. The highest BCUT2D eigenvalue weighted by molar-refractivity contribution is 8.00. The molecule has 176 valence electrons. The number of aromatic amines is 1. The molecule has 0 radical (unpaired) electrons. The minimum absolute atomic E-state index is 0.0215. The number of nitrogens with zero attached hydrogens (tertiary/aromatic N) is 2. The summed E-state index contributed by atoms with van der Waals surface area (Å²) < 4.78 is 13.1. The lowest BCUT2D eigenvalue weighted by Crippen LogP contribution is -2.47. The summed E-state index contributed by atoms with van der Waals surface area (Å²) in [7, 11) is 0. The highest BCUT2D eigenvalue weighted by Crippen LogP contribution is 2.46. The molecule has 34 heavy (non-hydrogen) atoms. The minimum Gasteiger partial charge on any atom is -0.324 e. The van der Waals surface area contributed by atoms with Gasteiger partial charge in [-0.1, -0.05) is 23.2 Å². The second-order valence-corrected chi connectivity index (χ2v) is 10.2. The summed E-state index contributed by atoms with van der Waals surface area (Å²) in [6.45, 7) is 0.677. The van der Waals surface area contributed by atoms with Crippen molar-refractivity contribution < 1.29 is 14.3 Å². The molecule has 1 aromatic heterocycles. The molecule has 5 heterocycles. The van der Waals surface area contributed by atoms with E-state index in [0.717, 1.165) is 20.8 Å². The first-order valence-corrected chi connectivity index (χ1v) is 12.4. The van der Waals surface area contributed by atoms with Crippen molar-refractivity contribution in [3.8, 4) is 0 Å². The summed E-state index contributed by atoms with van der Waals surface area (Å²) in [4.78, 5) is 42.8. The van der Waals surface area contributed by atoms with Crippen molar-refractivity contribution in [2.75, 3.05) is 22.5 Å². The summed E-state index contributed by atoms with van der Waals surface area (Å²) >= 11 is 13.8. The van der Waals surface area contributed by atoms with Crippen LogP contribution in [-0.4, -0.2) is 40.0 Å². The monoisotopic (exact) mass is 520 g/mol. The number of ether oxygens (including phenoxy) is 2. The molecular formula is C22H18Cl2N4O5S. The van der Waals surface area contributed by atoms with E-state index in [0.29, 0.717) is 25.1 Å². The lowest BCUT2D eigenvalue weighted by molar-refractivity contribution is -0.406. The molecule has 3 saturated heterocycles. The maximum atomic E-state index is 12.9. The number of rotatable bonds is 5. The highest BCUT2D eigenvalue weighted by Gasteiger charge is 2.58. The first kappa shape index (κ1) is 22.0. The molecule has 0 aliphatic carbocycles. The quantitative estimate of drug-likeness (QED) is 0.531. The number of halogens is 2. The largest absolute Gasteiger partial charge is 0.328 e. The number of carbonyl (C=O) groups excluding carboxylic acids is 1. The summed E-state index contributed by atoms with van der Waals surface area (Å²) in [6, 6.07) is 8.95. The van der Waals surface area contributed by atoms with Gasteiger partial charge in [-0.2, -0.15) is 0 Å². The van der Waals surface area contributed by atoms with Gasteiger partial charge in [0.15, 0.2) is 5.79 Å². The molecule has 0 unspecified atom stereocenters. The lowest BCUT2D eigenvalue weighted by atomic mass is 10.1. The van der Waals surface area contributed by atoms with Gasteiger partial charge in [-0.3, -0.25) is 14.2 Å². The van der Waals surface area contributed by atoms with E-state index in [-0.39, 0.29) is 33.4 Å². The van der Waals surface area contributed by atoms with Crippen LogP contribution >= 0.6 is 35.0 Å². The summed E-state index contributed by atoms with van der Waals surface area (Å²) in [5.74, 6) is -0.407. The number of fused-ring (bicyclic) bond motifs is 3. The van der Waals surface area contributed by atoms with Crippen molar-refractivity contribution in [1.29, 1.82) is 0 Å². The SMILES string of the molecule is O=C1CSc2ccc(N3CC4(CCCn5c(=O)[nH]c6c(Cl)ccc(Cl)c6c5=O)OC3O4)cc2N1. The zero-order valence-corrected chi connectivity index (χ0v) is 19.9. The Morgan fingerprint density at radius 3 is 2.74 bits per heavy atom. The van der Waals surface area contributed by atoms with Crippen LogP contribution in [0.25, 0.3) is 10.9 Å². The van der Waals surface area contributed by atoms with Crippen LogP contribution in [0.15, 0.2) is 44.8 Å². The predicted octanol–water partition coefficient (Wildman–Crippen LogP) is 3.37. The Kier molecular flexibility index (Phi) is 5.19. The number of carbonyl (C=O) groups is 1. The average molecular weight is 521 g/mol. The van der Waals surface area contributed by atoms with Crippen LogP contribution in [-0.2, 0) is 20.8 Å². The molecule has 12 heteroatoms. The third kappa shape index (κ3) is 3.52. The van der Waals surface area contributed by atoms with Gasteiger partial charge in [0.1, 0.15) is 0 Å². The molecule has 3 aromatic rings. The van der Waals surface area contributed by atoms with Crippen molar-refractivity contribution in [1.82, 2.24) is 9.55 Å². The van der Waals surface area contributed by atoms with Crippen LogP contribution in [0.2, 0.25) is 10.0 Å². The Hall–Kier alpha value is -2.50. The normalized spacial score (nSPS) is 23.1. The van der Waals surface area contributed by atoms with E-state index in [1.54, 1.807) is 0 Å². The molecule has 4 aliphatic rings. The van der Waals surface area contributed by atoms with Gasteiger partial charge in [0.25, 0.3) is 5.56 Å². The third-order valence-corrected chi connectivity index (χ3v) is 7.91. The molecule has 2 bridgehead atoms. The van der Waals surface area contributed by atoms with E-state index in [2.05, 4.69) is 10.3 Å². The van der Waals surface area contributed by atoms with Gasteiger partial charge in [-0.15, -0.1) is 11.8 Å². The first-order valence-electron chi connectivity index (χ1n) is 10.6. The molecular weight excluding hydrogens is 503 g/mol. The van der Waals surface area contributed by atoms with Crippen LogP contribution in [0.5, 0.6) is 0 Å². The van der Waals surface area contributed by atoms with Crippen LogP contribution in [0.1, 0.15) is 12.8 Å². The van der Waals surface area contributed by atoms with Gasteiger partial charge < -0.3 is 24.7 Å². The second kappa shape index (κ2) is 8.03. The van der Waals surface area contributed by atoms with Crippen LogP contribution in [0.4, 0.5) is 11.4 Å². The second-order valence-electron chi connectivity index (χ2n) is 8.37. The Balaban J connectivity index is 1.16. The summed E-state index contributed by atoms with van der Waals surface area (Å²) in [5, 5.41) is 3.57. The fourth-order valence-corrected chi connectivity index (χ4v) is 5.80. The van der Waals surface area contributed by atoms with Crippen molar-refractivity contribution in [3.05, 3.63) is 61.2 Å². The summed E-state index contributed by atoms with van der Waals surface area (Å²) in [5.41, 5.74) is 0.873. The van der Waals surface area contributed by atoms with Gasteiger partial charge in [0.05, 0.1) is 38.9 Å². The fourth-order valence-electron chi connectivity index (χ4n) is 4.57. The van der Waals surface area contributed by atoms with Gasteiger partial charge >= 0.3 is 5.69 Å². The number of anilines is 2. The molecule has 0 saturated carbocycles. The topological polar surface area (TPSA) is 106 Å². The maximum absolute atomic E-state index is 12.9. The van der Waals surface area contributed by atoms with Crippen molar-refractivity contribution in [2.24, 2.45) is 0 Å². The molecule has 2 N–H and O–H groups in total. The van der Waals surface area contributed by atoms with Crippen LogP contribution in [0, 0.1) is 0 Å². The highest BCUT2D eigenvalue weighted by atomic mass is 35.5. The molecule has 3 fully saturated rings. The molecule has 4 aliphatic heterocycles. The number of nitrogens with one attached hydrogen (secondary N) is 2. The zero-order chi connectivity index (χ0) is 23.6. The number of H-pyrrole nitrogens is 1. The number of thioether (sulfide) groups is 1. The van der Waals surface area contributed by atoms with E-state index in [4.69, 9.17) is 32.7 Å². The fraction of sp³-hybridized carbons (Fsp3) is 0.318. The Bertz CT molecular complexity index is 1470. The van der Waals surface area contributed by atoms with Gasteiger partial charge in [0.2, 0.25) is 12.3 Å². The van der Waals surface area contributed by atoms with E-state index in [9.17, 15) is 14.4 Å². The van der Waals surface area contributed by atoms with E-state index in [1.165, 1.54) is 23.9 Å². The van der Waals surface area contributed by atoms with Crippen LogP contribution < -0.4 is 21.5 Å². The van der Waals surface area contributed by atoms with Gasteiger partial charge in [-0.25, -0.2) is 4.79 Å². The van der Waals surface area contributed by atoms with Gasteiger partial charge in [-0.05, 0) is 36.8 Å². The molecule has 2 aromatic carbocycles. The first-order chi connectivity index (χ1) is 16.3. The number of aromatic nitrogens is 2. The lowest BCUT2D eigenvalue weighted by Gasteiger charge is -2.37. The summed E-state index contributed by atoms with van der Waals surface area (Å²) in [6.07, 6.45) is 0.465. The number of hydrogen-bond acceptors (Lipinski definition) is 7. The molecule has 0 spiro atoms. The Morgan fingerprint density at radius 1 is 1.12 bits per heavy atom. The van der Waals surface area contributed by atoms with E-state index < -0.39 is 23.5 Å². The Labute approximate surface area is 206 Å². The third-order valence-electron chi connectivity index (χ3n) is 6.20. The van der Waals surface area contributed by atoms with Gasteiger partial charge in [0, 0.05) is 23.5 Å². The zero-order valence-electron chi connectivity index (χ0n) is 17.6. The predicted molar refractivity (Wildman–Crippen MR) is 130 cm³/mol. The standard InChI is InChI=1S/C22H18Cl2N4O5S/c23-12-3-4-13(24)18-17(12)19(30)27(20(31)26-18)7-1-6-22-10-28(21(32-22)33-22)11-2-5-15-14(8-11)25-16(29)9-34-15/h2-5,8,21H,1,6-7,9-10H2,(H,25,29)(H,26,31). The molecule has 7 rings (SSSR count). The van der Waals surface area contributed by atoms with Crippen LogP contribution in [0.3, 0.4) is 0 Å². The molecule has 9 nitrogen and oxygen atoms in total. The van der Waals surface area contributed by atoms with E-state index >= 15 is 0 Å². The smallest absolute Gasteiger partial charge is 0.324 e. The number of hydrogen-bond donors (Lipinski definition) is 2. The van der Waals surface area contributed by atoms with Crippen molar-refractivity contribution in [2.45, 2.75) is 36.5 Å². The molecule has 1 amide bonds. The van der Waals surface area contributed by atoms with Crippen molar-refractivity contribution >= 4 is 63.1 Å². The van der Waals surface area contributed by atoms with E-state index in [1.807, 2.05) is 23.1 Å².